The van der Waals surface area contributed by atoms with Gasteiger partial charge in [0.25, 0.3) is 0 Å². The van der Waals surface area contributed by atoms with E-state index in [9.17, 15) is 13.2 Å². The van der Waals surface area contributed by atoms with Gasteiger partial charge in [-0.1, -0.05) is 5.92 Å². The predicted molar refractivity (Wildman–Crippen MR) is 102 cm³/mol. The zero-order chi connectivity index (χ0) is 20.6. The molecule has 9 heteroatoms. The minimum atomic E-state index is -3.82. The summed E-state index contributed by atoms with van der Waals surface area (Å²) >= 11 is 0. The molecule has 150 valence electrons. The fourth-order valence-corrected chi connectivity index (χ4v) is 3.50. The second kappa shape index (κ2) is 9.82. The number of furan rings is 1. The summed E-state index contributed by atoms with van der Waals surface area (Å²) in [7, 11) is -0.942. The second-order valence-corrected chi connectivity index (χ2v) is 7.46. The Morgan fingerprint density at radius 2 is 2.00 bits per heavy atom. The lowest BCUT2D eigenvalue weighted by atomic mass is 10.3. The van der Waals surface area contributed by atoms with Crippen LogP contribution < -0.4 is 14.2 Å². The van der Waals surface area contributed by atoms with Crippen LogP contribution in [-0.2, 0) is 21.4 Å². The van der Waals surface area contributed by atoms with Gasteiger partial charge < -0.3 is 18.8 Å². The molecule has 1 N–H and O–H groups in total. The Morgan fingerprint density at radius 1 is 1.25 bits per heavy atom. The molecule has 0 fully saturated rings. The van der Waals surface area contributed by atoms with Crippen molar-refractivity contribution in [3.05, 3.63) is 42.4 Å². The van der Waals surface area contributed by atoms with E-state index in [0.29, 0.717) is 17.3 Å². The molecule has 0 unspecified atom stereocenters. The molecular weight excluding hydrogens is 384 g/mol. The Bertz CT molecular complexity index is 932. The van der Waals surface area contributed by atoms with E-state index in [1.54, 1.807) is 12.1 Å². The predicted octanol–water partition coefficient (Wildman–Crippen LogP) is 1.63. The van der Waals surface area contributed by atoms with Gasteiger partial charge >= 0.3 is 0 Å². The quantitative estimate of drug-likeness (QED) is 0.602. The topological polar surface area (TPSA) is 98.1 Å². The molecular formula is C19H22N2O6S. The van der Waals surface area contributed by atoms with Gasteiger partial charge in [0.05, 0.1) is 38.5 Å². The Labute approximate surface area is 164 Å². The standard InChI is InChI=1S/C19H22N2O6S/c1-4-11-21(14-15-6-5-12-27-15)19(22)9-10-20-28(23,24)16-7-8-17(25-2)18(13-16)26-3/h1,5-8,12-13,20H,9-11,14H2,2-3H3. The van der Waals surface area contributed by atoms with Crippen LogP contribution in [0.25, 0.3) is 0 Å². The molecule has 1 amide bonds. The number of nitrogens with one attached hydrogen (secondary N) is 1. The summed E-state index contributed by atoms with van der Waals surface area (Å²) in [6, 6.07) is 7.69. The van der Waals surface area contributed by atoms with E-state index in [2.05, 4.69) is 10.6 Å². The van der Waals surface area contributed by atoms with Crippen LogP contribution >= 0.6 is 0 Å². The molecule has 0 saturated heterocycles. The van der Waals surface area contributed by atoms with E-state index in [1.807, 2.05) is 0 Å². The van der Waals surface area contributed by atoms with Crippen molar-refractivity contribution in [1.82, 2.24) is 9.62 Å². The van der Waals surface area contributed by atoms with Crippen LogP contribution in [0.3, 0.4) is 0 Å². The minimum absolute atomic E-state index is 0.00802. The monoisotopic (exact) mass is 406 g/mol. The van der Waals surface area contributed by atoms with E-state index < -0.39 is 10.0 Å². The van der Waals surface area contributed by atoms with Gasteiger partial charge in [-0.05, 0) is 24.3 Å². The van der Waals surface area contributed by atoms with Gasteiger partial charge in [0.15, 0.2) is 11.5 Å². The molecule has 1 aromatic heterocycles. The van der Waals surface area contributed by atoms with Gasteiger partial charge in [-0.25, -0.2) is 13.1 Å². The Morgan fingerprint density at radius 3 is 2.61 bits per heavy atom. The number of methoxy groups -OCH3 is 2. The van der Waals surface area contributed by atoms with Crippen LogP contribution in [0.4, 0.5) is 0 Å². The molecule has 0 radical (unpaired) electrons. The number of hydrogen-bond donors (Lipinski definition) is 1. The Hall–Kier alpha value is -2.96. The molecule has 0 saturated carbocycles. The molecule has 28 heavy (non-hydrogen) atoms. The lowest BCUT2D eigenvalue weighted by molar-refractivity contribution is -0.131. The van der Waals surface area contributed by atoms with E-state index >= 15 is 0 Å². The maximum absolute atomic E-state index is 12.5. The lowest BCUT2D eigenvalue weighted by Crippen LogP contribution is -2.34. The highest BCUT2D eigenvalue weighted by Gasteiger charge is 2.19. The second-order valence-electron chi connectivity index (χ2n) is 5.70. The van der Waals surface area contributed by atoms with Crippen LogP contribution in [-0.4, -0.2) is 46.5 Å². The van der Waals surface area contributed by atoms with Crippen LogP contribution in [0.1, 0.15) is 12.2 Å². The summed E-state index contributed by atoms with van der Waals surface area (Å²) in [6.45, 7) is 0.245. The average Bonchev–Trinajstić information content (AvgIpc) is 3.20. The number of ether oxygens (including phenoxy) is 2. The number of rotatable bonds is 10. The Balaban J connectivity index is 1.98. The molecule has 2 aromatic rings. The van der Waals surface area contributed by atoms with Crippen molar-refractivity contribution in [3.8, 4) is 23.8 Å². The van der Waals surface area contributed by atoms with Gasteiger partial charge in [0.1, 0.15) is 5.76 Å². The maximum atomic E-state index is 12.5. The highest BCUT2D eigenvalue weighted by atomic mass is 32.2. The highest BCUT2D eigenvalue weighted by Crippen LogP contribution is 2.29. The summed E-state index contributed by atoms with van der Waals surface area (Å²) in [6.07, 6.45) is 6.77. The molecule has 0 atom stereocenters. The van der Waals surface area contributed by atoms with Gasteiger partial charge in [-0.2, -0.15) is 0 Å². The first-order valence-electron chi connectivity index (χ1n) is 8.36. The average molecular weight is 406 g/mol. The van der Waals surface area contributed by atoms with Gasteiger partial charge in [0, 0.05) is 19.0 Å². The SMILES string of the molecule is C#CCN(Cc1ccco1)C(=O)CCNS(=O)(=O)c1ccc(OC)c(OC)c1. The highest BCUT2D eigenvalue weighted by molar-refractivity contribution is 7.89. The normalized spacial score (nSPS) is 10.9. The minimum Gasteiger partial charge on any atom is -0.493 e. The van der Waals surface area contributed by atoms with Crippen LogP contribution in [0.2, 0.25) is 0 Å². The fraction of sp³-hybridized carbons (Fsp3) is 0.316. The number of benzene rings is 1. The smallest absolute Gasteiger partial charge is 0.240 e. The molecule has 1 heterocycles. The van der Waals surface area contributed by atoms with E-state index in [4.69, 9.17) is 20.3 Å². The third kappa shape index (κ3) is 5.52. The zero-order valence-corrected chi connectivity index (χ0v) is 16.5. The summed E-state index contributed by atoms with van der Waals surface area (Å²) in [5.41, 5.74) is 0. The zero-order valence-electron chi connectivity index (χ0n) is 15.7. The molecule has 2 rings (SSSR count). The first kappa shape index (κ1) is 21.3. The lowest BCUT2D eigenvalue weighted by Gasteiger charge is -2.19. The molecule has 0 aliphatic rings. The van der Waals surface area contributed by atoms with Gasteiger partial charge in [-0.3, -0.25) is 4.79 Å². The van der Waals surface area contributed by atoms with Crippen molar-refractivity contribution < 1.29 is 27.1 Å². The van der Waals surface area contributed by atoms with Crippen molar-refractivity contribution in [2.75, 3.05) is 27.3 Å². The largest absolute Gasteiger partial charge is 0.493 e. The van der Waals surface area contributed by atoms with E-state index in [-0.39, 0.29) is 36.9 Å². The van der Waals surface area contributed by atoms with Crippen molar-refractivity contribution in [3.63, 3.8) is 0 Å². The van der Waals surface area contributed by atoms with Crippen LogP contribution in [0.5, 0.6) is 11.5 Å². The summed E-state index contributed by atoms with van der Waals surface area (Å²) in [5.74, 6) is 3.43. The van der Waals surface area contributed by atoms with E-state index in [0.717, 1.165) is 0 Å². The maximum Gasteiger partial charge on any atom is 0.240 e. The summed E-state index contributed by atoms with van der Waals surface area (Å²) in [4.78, 5) is 13.8. The van der Waals surface area contributed by atoms with Gasteiger partial charge in [0.2, 0.25) is 15.9 Å². The number of terminal acetylenes is 1. The molecule has 0 aliphatic heterocycles. The van der Waals surface area contributed by atoms with Crippen molar-refractivity contribution >= 4 is 15.9 Å². The molecule has 1 aromatic carbocycles. The molecule has 0 spiro atoms. The van der Waals surface area contributed by atoms with Crippen LogP contribution in [0, 0.1) is 12.3 Å². The molecule has 0 bridgehead atoms. The summed E-state index contributed by atoms with van der Waals surface area (Å²) in [5, 5.41) is 0. The molecule has 0 aliphatic carbocycles. The number of carbonyl (C=O) groups is 1. The summed E-state index contributed by atoms with van der Waals surface area (Å²) < 4.78 is 42.7. The fourth-order valence-electron chi connectivity index (χ4n) is 2.45. The van der Waals surface area contributed by atoms with Crippen molar-refractivity contribution in [1.29, 1.82) is 0 Å². The third-order valence-electron chi connectivity index (χ3n) is 3.86. The van der Waals surface area contributed by atoms with E-state index in [1.165, 1.54) is 43.6 Å². The number of hydrogen-bond acceptors (Lipinski definition) is 6. The first-order valence-corrected chi connectivity index (χ1v) is 9.85. The van der Waals surface area contributed by atoms with Crippen molar-refractivity contribution in [2.45, 2.75) is 17.9 Å². The number of nitrogens with zero attached hydrogens (tertiary/aromatic N) is 1. The van der Waals surface area contributed by atoms with Gasteiger partial charge in [-0.15, -0.1) is 6.42 Å². The molecule has 8 nitrogen and oxygen atoms in total. The number of sulfonamides is 1. The number of carbonyl (C=O) groups excluding carboxylic acids is 1. The first-order chi connectivity index (χ1) is 13.4. The third-order valence-corrected chi connectivity index (χ3v) is 5.32. The number of amides is 1. The van der Waals surface area contributed by atoms with Crippen LogP contribution in [0.15, 0.2) is 45.9 Å². The van der Waals surface area contributed by atoms with Crippen molar-refractivity contribution in [2.24, 2.45) is 0 Å². The Kier molecular flexibility index (Phi) is 7.49.